The molecule has 0 saturated heterocycles. The van der Waals surface area contributed by atoms with Gasteiger partial charge in [0.2, 0.25) is 0 Å². The van der Waals surface area contributed by atoms with E-state index in [1.807, 2.05) is 42.5 Å². The lowest BCUT2D eigenvalue weighted by molar-refractivity contribution is 0.477. The molecule has 0 heterocycles. The van der Waals surface area contributed by atoms with Crippen molar-refractivity contribution in [3.8, 4) is 5.75 Å². The Kier molecular flexibility index (Phi) is 4.15. The van der Waals surface area contributed by atoms with E-state index >= 15 is 0 Å². The second-order valence-electron chi connectivity index (χ2n) is 3.68. The minimum atomic E-state index is 0.115. The number of halogens is 1. The highest BCUT2D eigenvalue weighted by Crippen LogP contribution is 2.28. The van der Waals surface area contributed by atoms with Crippen LogP contribution in [0.3, 0.4) is 0 Å². The van der Waals surface area contributed by atoms with Crippen molar-refractivity contribution in [2.24, 2.45) is 4.99 Å². The molecule has 90 valence electrons. The Hall–Kier alpha value is -2.06. The minimum absolute atomic E-state index is 0.115. The maximum atomic E-state index is 9.55. The Labute approximate surface area is 111 Å². The molecule has 0 radical (unpaired) electrons. The third kappa shape index (κ3) is 3.47. The third-order valence-corrected chi connectivity index (χ3v) is 2.56. The molecule has 0 spiro atoms. The maximum Gasteiger partial charge on any atom is 0.141 e. The van der Waals surface area contributed by atoms with Crippen molar-refractivity contribution in [3.05, 3.63) is 65.2 Å². The zero-order valence-corrected chi connectivity index (χ0v) is 10.4. The van der Waals surface area contributed by atoms with Crippen LogP contribution in [0.2, 0.25) is 5.02 Å². The molecule has 2 rings (SSSR count). The summed E-state index contributed by atoms with van der Waals surface area (Å²) in [5.41, 5.74) is 1.56. The molecule has 1 N–H and O–H groups in total. The Bertz CT molecular complexity index is 576. The van der Waals surface area contributed by atoms with E-state index in [0.717, 1.165) is 5.56 Å². The van der Waals surface area contributed by atoms with Gasteiger partial charge in [0.1, 0.15) is 11.4 Å². The average Bonchev–Trinajstić information content (AvgIpc) is 2.40. The molecule has 2 aromatic rings. The fourth-order valence-corrected chi connectivity index (χ4v) is 1.61. The summed E-state index contributed by atoms with van der Waals surface area (Å²) in [4.78, 5) is 4.14. The number of hydrogen-bond acceptors (Lipinski definition) is 2. The van der Waals surface area contributed by atoms with Gasteiger partial charge < -0.3 is 5.11 Å². The van der Waals surface area contributed by atoms with E-state index in [4.69, 9.17) is 11.6 Å². The third-order valence-electron chi connectivity index (χ3n) is 2.33. The molecule has 0 aromatic heterocycles. The van der Waals surface area contributed by atoms with E-state index in [1.165, 1.54) is 6.07 Å². The van der Waals surface area contributed by atoms with Crippen molar-refractivity contribution in [2.75, 3.05) is 0 Å². The van der Waals surface area contributed by atoms with E-state index in [0.29, 0.717) is 10.7 Å². The highest BCUT2D eigenvalue weighted by Gasteiger charge is 1.97. The molecule has 3 heteroatoms. The fourth-order valence-electron chi connectivity index (χ4n) is 1.44. The van der Waals surface area contributed by atoms with Gasteiger partial charge in [0.15, 0.2) is 0 Å². The first-order valence-corrected chi connectivity index (χ1v) is 5.88. The van der Waals surface area contributed by atoms with Gasteiger partial charge in [-0.2, -0.15) is 0 Å². The Balaban J connectivity index is 2.08. The summed E-state index contributed by atoms with van der Waals surface area (Å²) >= 11 is 5.82. The van der Waals surface area contributed by atoms with Crippen LogP contribution in [-0.2, 0) is 0 Å². The number of phenols is 1. The number of hydrogen-bond donors (Lipinski definition) is 1. The van der Waals surface area contributed by atoms with Gasteiger partial charge in [0, 0.05) is 11.2 Å². The molecule has 0 saturated carbocycles. The first-order valence-electron chi connectivity index (χ1n) is 5.50. The largest absolute Gasteiger partial charge is 0.506 e. The van der Waals surface area contributed by atoms with Gasteiger partial charge in [-0.15, -0.1) is 0 Å². The molecule has 0 aliphatic heterocycles. The monoisotopic (exact) mass is 257 g/mol. The number of rotatable bonds is 3. The Morgan fingerprint density at radius 3 is 2.61 bits per heavy atom. The quantitative estimate of drug-likeness (QED) is 0.809. The lowest BCUT2D eigenvalue weighted by Crippen LogP contribution is -1.72. The molecule has 2 nitrogen and oxygen atoms in total. The molecule has 2 aromatic carbocycles. The predicted octanol–water partition coefficient (Wildman–Crippen LogP) is 4.46. The van der Waals surface area contributed by atoms with Gasteiger partial charge in [-0.05, 0) is 29.8 Å². The van der Waals surface area contributed by atoms with Crippen LogP contribution in [0.15, 0.2) is 59.6 Å². The molecule has 0 atom stereocenters. The maximum absolute atomic E-state index is 9.55. The second kappa shape index (κ2) is 6.03. The first-order chi connectivity index (χ1) is 8.75. The highest BCUT2D eigenvalue weighted by atomic mass is 35.5. The smallest absolute Gasteiger partial charge is 0.141 e. The first kappa shape index (κ1) is 12.4. The Morgan fingerprint density at radius 1 is 1.06 bits per heavy atom. The van der Waals surface area contributed by atoms with Crippen LogP contribution in [-0.4, -0.2) is 11.3 Å². The number of phenolic OH excluding ortho intramolecular Hbond substituents is 1. The van der Waals surface area contributed by atoms with E-state index in [1.54, 1.807) is 18.3 Å². The van der Waals surface area contributed by atoms with Crippen LogP contribution in [0.5, 0.6) is 5.75 Å². The SMILES string of the molecule is Oc1ccc(Cl)cc1N=C/C=C/c1ccccc1. The molecule has 0 unspecified atom stereocenters. The standard InChI is InChI=1S/C15H12ClNO/c16-13-8-9-15(18)14(11-13)17-10-4-7-12-5-2-1-3-6-12/h1-11,18H/b7-4+,17-10?. The highest BCUT2D eigenvalue weighted by molar-refractivity contribution is 6.30. The molecule has 0 bridgehead atoms. The molecule has 0 amide bonds. The van der Waals surface area contributed by atoms with Crippen molar-refractivity contribution in [3.63, 3.8) is 0 Å². The summed E-state index contributed by atoms with van der Waals surface area (Å²) in [6.45, 7) is 0. The fraction of sp³-hybridized carbons (Fsp3) is 0. The lowest BCUT2D eigenvalue weighted by atomic mass is 10.2. The van der Waals surface area contributed by atoms with E-state index in [9.17, 15) is 5.11 Å². The topological polar surface area (TPSA) is 32.6 Å². The molecule has 0 aliphatic rings. The van der Waals surface area contributed by atoms with Crippen LogP contribution in [0.4, 0.5) is 5.69 Å². The normalized spacial score (nSPS) is 11.4. The van der Waals surface area contributed by atoms with Gasteiger partial charge in [-0.25, -0.2) is 0 Å². The summed E-state index contributed by atoms with van der Waals surface area (Å²) < 4.78 is 0. The van der Waals surface area contributed by atoms with Gasteiger partial charge in [-0.1, -0.05) is 48.0 Å². The predicted molar refractivity (Wildman–Crippen MR) is 76.7 cm³/mol. The van der Waals surface area contributed by atoms with Gasteiger partial charge in [0.25, 0.3) is 0 Å². The molecule has 0 fully saturated rings. The number of nitrogens with zero attached hydrogens (tertiary/aromatic N) is 1. The Morgan fingerprint density at radius 2 is 1.83 bits per heavy atom. The minimum Gasteiger partial charge on any atom is -0.506 e. The summed E-state index contributed by atoms with van der Waals surface area (Å²) in [5.74, 6) is 0.115. The number of aromatic hydroxyl groups is 1. The van der Waals surface area contributed by atoms with Gasteiger partial charge >= 0.3 is 0 Å². The van der Waals surface area contributed by atoms with E-state index in [2.05, 4.69) is 4.99 Å². The van der Waals surface area contributed by atoms with Crippen LogP contribution in [0.1, 0.15) is 5.56 Å². The van der Waals surface area contributed by atoms with Crippen LogP contribution >= 0.6 is 11.6 Å². The summed E-state index contributed by atoms with van der Waals surface area (Å²) in [7, 11) is 0. The van der Waals surface area contributed by atoms with Crippen molar-refractivity contribution in [2.45, 2.75) is 0 Å². The average molecular weight is 258 g/mol. The summed E-state index contributed by atoms with van der Waals surface area (Å²) in [6.07, 6.45) is 5.37. The zero-order valence-electron chi connectivity index (χ0n) is 9.62. The molecular weight excluding hydrogens is 246 g/mol. The lowest BCUT2D eigenvalue weighted by Gasteiger charge is -1.97. The van der Waals surface area contributed by atoms with Crippen LogP contribution in [0.25, 0.3) is 6.08 Å². The van der Waals surface area contributed by atoms with Crippen molar-refractivity contribution < 1.29 is 5.11 Å². The van der Waals surface area contributed by atoms with Crippen molar-refractivity contribution >= 4 is 29.6 Å². The van der Waals surface area contributed by atoms with Gasteiger partial charge in [0.05, 0.1) is 0 Å². The molecular formula is C15H12ClNO. The van der Waals surface area contributed by atoms with Crippen LogP contribution in [0, 0.1) is 0 Å². The summed E-state index contributed by atoms with van der Waals surface area (Å²) in [6, 6.07) is 14.7. The number of aliphatic imine (C=N–C) groups is 1. The second-order valence-corrected chi connectivity index (χ2v) is 4.12. The van der Waals surface area contributed by atoms with E-state index < -0.39 is 0 Å². The summed E-state index contributed by atoms with van der Waals surface area (Å²) in [5, 5.41) is 10.1. The van der Waals surface area contributed by atoms with Crippen molar-refractivity contribution in [1.29, 1.82) is 0 Å². The van der Waals surface area contributed by atoms with E-state index in [-0.39, 0.29) is 5.75 Å². The van der Waals surface area contributed by atoms with Crippen molar-refractivity contribution in [1.82, 2.24) is 0 Å². The zero-order chi connectivity index (χ0) is 12.8. The molecule has 0 aliphatic carbocycles. The molecule has 18 heavy (non-hydrogen) atoms. The number of allylic oxidation sites excluding steroid dienone is 1. The van der Waals surface area contributed by atoms with Gasteiger partial charge in [-0.3, -0.25) is 4.99 Å². The van der Waals surface area contributed by atoms with Crippen LogP contribution < -0.4 is 0 Å². The number of benzene rings is 2.